The van der Waals surface area contributed by atoms with Crippen LogP contribution in [0.5, 0.6) is 0 Å². The molecule has 0 N–H and O–H groups in total. The number of furan rings is 1. The Morgan fingerprint density at radius 3 is 1.96 bits per heavy atom. The van der Waals surface area contributed by atoms with Gasteiger partial charge in [0.2, 0.25) is 0 Å². The van der Waals surface area contributed by atoms with E-state index in [1.54, 1.807) is 0 Å². The highest BCUT2D eigenvalue weighted by Gasteiger charge is 2.52. The molecule has 70 heavy (non-hydrogen) atoms. The average molecular weight is 917 g/mol. The minimum atomic E-state index is -1.62. The molecule has 0 saturated heterocycles. The van der Waals surface area contributed by atoms with E-state index in [0.29, 0.717) is 5.92 Å². The second-order valence-corrected chi connectivity index (χ2v) is 26.4. The maximum atomic E-state index is 7.40. The van der Waals surface area contributed by atoms with Crippen LogP contribution in [0, 0.1) is 0 Å². The van der Waals surface area contributed by atoms with Gasteiger partial charge >= 0.3 is 0 Å². The van der Waals surface area contributed by atoms with E-state index in [1.165, 1.54) is 131 Å². The number of hydrogen-bond donors (Lipinski definition) is 0. The number of para-hydroxylation sites is 5. The summed E-state index contributed by atoms with van der Waals surface area (Å²) in [6.07, 6.45) is 6.32. The Morgan fingerprint density at radius 2 is 1.13 bits per heavy atom. The number of benzene rings is 10. The average Bonchev–Trinajstić information content (AvgIpc) is 4.06. The minimum absolute atomic E-state index is 0.516. The van der Waals surface area contributed by atoms with Crippen molar-refractivity contribution in [2.75, 3.05) is 4.90 Å². The summed E-state index contributed by atoms with van der Waals surface area (Å²) in [5.74, 6) is 0.516. The van der Waals surface area contributed by atoms with E-state index in [1.807, 2.05) is 0 Å². The molecule has 0 amide bonds. The number of rotatable bonds is 5. The van der Waals surface area contributed by atoms with Crippen molar-refractivity contribution in [3.8, 4) is 16.8 Å². The SMILES string of the molecule is C[Si](C)(C)c1ccc(N(c2cc3c(c4ccccc24)-c2c(ccc4ccccc24)C32c3ccccc3-n3c4ccccc4c4cccc2c43)c2cccc3c2oc2c(C4CCCCC4)cccc23)cc1. The van der Waals surface area contributed by atoms with E-state index >= 15 is 0 Å². The molecule has 3 nitrogen and oxygen atoms in total. The number of fused-ring (bicyclic) bond motifs is 19. The van der Waals surface area contributed by atoms with Crippen LogP contribution in [-0.2, 0) is 5.41 Å². The van der Waals surface area contributed by atoms with E-state index < -0.39 is 13.5 Å². The van der Waals surface area contributed by atoms with Gasteiger partial charge in [0.15, 0.2) is 5.58 Å². The van der Waals surface area contributed by atoms with E-state index in [0.717, 1.165) is 33.6 Å². The zero-order valence-corrected chi connectivity index (χ0v) is 40.9. The van der Waals surface area contributed by atoms with Crippen LogP contribution in [-0.4, -0.2) is 12.6 Å². The van der Waals surface area contributed by atoms with Crippen molar-refractivity contribution in [3.05, 3.63) is 222 Å². The minimum Gasteiger partial charge on any atom is -0.454 e. The standard InChI is InChI=1S/C66H52N2OSi/c1-70(2,3)44-37-35-43(36-38-44)67(59-33-17-28-52-51-27-15-25-46(64(51)69-65(52)59)41-18-5-4-6-19-41)60-40-56-62(49-24-10-9-22-47(49)60)61-45-21-8-7-20-42(45)34-39-54(61)66(56)53-29-12-14-32-58(53)68-57-31-13-11-23-48(57)50-26-16-30-55(66)63(50)68/h7-17,20-41H,4-6,18-19H2,1-3H3. The molecule has 3 heterocycles. The number of nitrogens with zero attached hydrogens (tertiary/aromatic N) is 2. The van der Waals surface area contributed by atoms with Gasteiger partial charge in [0.05, 0.1) is 41.6 Å². The van der Waals surface area contributed by atoms with Crippen LogP contribution >= 0.6 is 0 Å². The predicted molar refractivity (Wildman–Crippen MR) is 297 cm³/mol. The molecule has 1 unspecified atom stereocenters. The predicted octanol–water partition coefficient (Wildman–Crippen LogP) is 17.7. The highest BCUT2D eigenvalue weighted by atomic mass is 28.3. The van der Waals surface area contributed by atoms with Gasteiger partial charge in [0.25, 0.3) is 0 Å². The normalized spacial score (nSPS) is 16.5. The largest absolute Gasteiger partial charge is 0.454 e. The molecule has 0 bridgehead atoms. The van der Waals surface area contributed by atoms with Gasteiger partial charge in [-0.2, -0.15) is 0 Å². The lowest BCUT2D eigenvalue weighted by atomic mass is 9.65. The molecule has 1 atom stereocenters. The third kappa shape index (κ3) is 5.35. The Labute approximate surface area is 409 Å². The van der Waals surface area contributed by atoms with Gasteiger partial charge in [0, 0.05) is 32.6 Å². The third-order valence-corrected chi connectivity index (χ3v) is 18.8. The van der Waals surface area contributed by atoms with Crippen molar-refractivity contribution in [3.63, 3.8) is 0 Å². The number of hydrogen-bond acceptors (Lipinski definition) is 2. The monoisotopic (exact) mass is 916 g/mol. The summed E-state index contributed by atoms with van der Waals surface area (Å²) in [5.41, 5.74) is 17.7. The first-order valence-corrected chi connectivity index (χ1v) is 29.0. The summed E-state index contributed by atoms with van der Waals surface area (Å²) in [4.78, 5) is 2.54. The smallest absolute Gasteiger partial charge is 0.159 e. The molecule has 2 aliphatic carbocycles. The fourth-order valence-electron chi connectivity index (χ4n) is 13.6. The molecule has 10 aromatic carbocycles. The van der Waals surface area contributed by atoms with Crippen LogP contribution in [0.4, 0.5) is 17.1 Å². The summed E-state index contributed by atoms with van der Waals surface area (Å²) in [7, 11) is -1.62. The number of aromatic nitrogens is 1. The zero-order valence-electron chi connectivity index (χ0n) is 39.9. The Balaban J connectivity index is 1.10. The Kier molecular flexibility index (Phi) is 8.44. The Bertz CT molecular complexity index is 4160. The van der Waals surface area contributed by atoms with Crippen molar-refractivity contribution in [1.82, 2.24) is 4.57 Å². The maximum Gasteiger partial charge on any atom is 0.159 e. The van der Waals surface area contributed by atoms with Gasteiger partial charge in [-0.3, -0.25) is 0 Å². The Morgan fingerprint density at radius 1 is 0.486 bits per heavy atom. The molecule has 0 radical (unpaired) electrons. The molecular weight excluding hydrogens is 865 g/mol. The molecular formula is C66H52N2OSi. The van der Waals surface area contributed by atoms with Crippen LogP contribution < -0.4 is 10.1 Å². The van der Waals surface area contributed by atoms with Gasteiger partial charge in [-0.05, 0) is 110 Å². The molecule has 2 aromatic heterocycles. The lowest BCUT2D eigenvalue weighted by molar-refractivity contribution is 0.442. The second-order valence-electron chi connectivity index (χ2n) is 21.3. The first-order chi connectivity index (χ1) is 34.4. The van der Waals surface area contributed by atoms with E-state index in [4.69, 9.17) is 4.42 Å². The van der Waals surface area contributed by atoms with E-state index in [2.05, 4.69) is 223 Å². The lowest BCUT2D eigenvalue weighted by Gasteiger charge is -2.40. The van der Waals surface area contributed by atoms with Gasteiger partial charge in [-0.15, -0.1) is 0 Å². The van der Waals surface area contributed by atoms with Crippen LogP contribution in [0.25, 0.3) is 82.1 Å². The van der Waals surface area contributed by atoms with Crippen LogP contribution in [0.2, 0.25) is 19.6 Å². The van der Waals surface area contributed by atoms with Crippen LogP contribution in [0.1, 0.15) is 65.8 Å². The molecule has 12 aromatic rings. The maximum absolute atomic E-state index is 7.40. The van der Waals surface area contributed by atoms with Crippen LogP contribution in [0.15, 0.2) is 199 Å². The van der Waals surface area contributed by atoms with Crippen molar-refractivity contribution >= 4 is 95.6 Å². The first kappa shape index (κ1) is 40.2. The van der Waals surface area contributed by atoms with Crippen molar-refractivity contribution < 1.29 is 4.42 Å². The molecule has 3 aliphatic rings. The zero-order chi connectivity index (χ0) is 46.5. The topological polar surface area (TPSA) is 21.3 Å². The lowest BCUT2D eigenvalue weighted by Crippen LogP contribution is -2.37. The van der Waals surface area contributed by atoms with E-state index in [-0.39, 0.29) is 0 Å². The highest BCUT2D eigenvalue weighted by molar-refractivity contribution is 6.88. The molecule has 1 aliphatic heterocycles. The van der Waals surface area contributed by atoms with Gasteiger partial charge < -0.3 is 13.9 Å². The summed E-state index contributed by atoms with van der Waals surface area (Å²) in [6, 6.07) is 74.2. The molecule has 1 saturated carbocycles. The summed E-state index contributed by atoms with van der Waals surface area (Å²) in [5, 5.41) is 11.4. The second kappa shape index (κ2) is 14.7. The molecule has 15 rings (SSSR count). The summed E-state index contributed by atoms with van der Waals surface area (Å²) >= 11 is 0. The quantitative estimate of drug-likeness (QED) is 0.160. The van der Waals surface area contributed by atoms with Gasteiger partial charge in [-0.1, -0.05) is 202 Å². The number of anilines is 3. The van der Waals surface area contributed by atoms with Crippen molar-refractivity contribution in [2.24, 2.45) is 0 Å². The highest BCUT2D eigenvalue weighted by Crippen LogP contribution is 2.64. The fourth-order valence-corrected chi connectivity index (χ4v) is 14.8. The molecule has 4 heteroatoms. The van der Waals surface area contributed by atoms with E-state index in [9.17, 15) is 0 Å². The Hall–Kier alpha value is -7.66. The summed E-state index contributed by atoms with van der Waals surface area (Å²) in [6.45, 7) is 7.32. The van der Waals surface area contributed by atoms with Gasteiger partial charge in [0.1, 0.15) is 5.58 Å². The third-order valence-electron chi connectivity index (χ3n) is 16.7. The van der Waals surface area contributed by atoms with Crippen LogP contribution in [0.3, 0.4) is 0 Å². The van der Waals surface area contributed by atoms with Crippen molar-refractivity contribution in [2.45, 2.75) is 63.1 Å². The van der Waals surface area contributed by atoms with Crippen molar-refractivity contribution in [1.29, 1.82) is 0 Å². The fraction of sp³-hybridized carbons (Fsp3) is 0.152. The summed E-state index contributed by atoms with van der Waals surface area (Å²) < 4.78 is 9.95. The molecule has 336 valence electrons. The van der Waals surface area contributed by atoms with Gasteiger partial charge in [-0.25, -0.2) is 0 Å². The molecule has 1 spiro atoms. The molecule has 1 fully saturated rings. The first-order valence-electron chi connectivity index (χ1n) is 25.5.